The summed E-state index contributed by atoms with van der Waals surface area (Å²) in [4.78, 5) is 37.9. The summed E-state index contributed by atoms with van der Waals surface area (Å²) < 4.78 is 0. The van der Waals surface area contributed by atoms with Gasteiger partial charge in [0.05, 0.1) is 0 Å². The van der Waals surface area contributed by atoms with E-state index in [2.05, 4.69) is 26.7 Å². The second-order valence-electron chi connectivity index (χ2n) is 4.89. The third kappa shape index (κ3) is 70.2. The summed E-state index contributed by atoms with van der Waals surface area (Å²) in [5.74, 6) is -3.61. The molecule has 0 heterocycles. The van der Waals surface area contributed by atoms with Gasteiger partial charge in [-0.1, -0.05) is 65.2 Å². The van der Waals surface area contributed by atoms with E-state index >= 15 is 0 Å². The molecule has 0 aliphatic carbocycles. The van der Waals surface area contributed by atoms with Crippen molar-refractivity contribution in [2.75, 3.05) is 0 Å². The van der Waals surface area contributed by atoms with Gasteiger partial charge in [0.2, 0.25) is 0 Å². The van der Waals surface area contributed by atoms with E-state index in [0.717, 1.165) is 31.1 Å². The van der Waals surface area contributed by atoms with E-state index in [-0.39, 0.29) is 0 Å². The Morgan fingerprint density at radius 3 is 1.11 bits per heavy atom. The van der Waals surface area contributed by atoms with Crippen molar-refractivity contribution in [3.8, 4) is 0 Å². The minimum atomic E-state index is -0.981. The van der Waals surface area contributed by atoms with Crippen LogP contribution in [0.4, 0.5) is 0 Å². The molecule has 8 heteroatoms. The topological polar surface area (TPSA) is 149 Å². The van der Waals surface area contributed by atoms with Crippen LogP contribution < -0.4 is 0 Å². The molecule has 27 heavy (non-hydrogen) atoms. The highest BCUT2D eigenvalue weighted by molar-refractivity contribution is 5.79. The normalized spacial score (nSPS) is 8.04. The van der Waals surface area contributed by atoms with Gasteiger partial charge in [-0.3, -0.25) is 4.79 Å². The molecule has 0 amide bonds. The van der Waals surface area contributed by atoms with Crippen LogP contribution in [0.1, 0.15) is 58.3 Å². The van der Waals surface area contributed by atoms with E-state index in [1.165, 1.54) is 32.1 Å². The fourth-order valence-electron chi connectivity index (χ4n) is 1.23. The zero-order valence-electron chi connectivity index (χ0n) is 15.9. The predicted octanol–water partition coefficient (Wildman–Crippen LogP) is 3.98. The van der Waals surface area contributed by atoms with Crippen molar-refractivity contribution >= 4 is 23.9 Å². The van der Waals surface area contributed by atoms with Crippen LogP contribution in [0.5, 0.6) is 0 Å². The number of carbonyl (C=O) groups is 4. The summed E-state index contributed by atoms with van der Waals surface area (Å²) >= 11 is 0. The minimum Gasteiger partial charge on any atom is -0.481 e. The summed E-state index contributed by atoms with van der Waals surface area (Å²) in [6.45, 7) is 11.1. The predicted molar refractivity (Wildman–Crippen MR) is 104 cm³/mol. The summed E-state index contributed by atoms with van der Waals surface area (Å²) in [6, 6.07) is 0. The average Bonchev–Trinajstić information content (AvgIpc) is 2.62. The zero-order chi connectivity index (χ0) is 22.1. The molecule has 0 spiro atoms. The lowest BCUT2D eigenvalue weighted by molar-refractivity contribution is -0.137. The summed E-state index contributed by atoms with van der Waals surface area (Å²) in [5, 5.41) is 31.2. The Kier molecular flexibility index (Phi) is 32.9. The molecule has 0 aliphatic heterocycles. The maximum absolute atomic E-state index is 10.1. The third-order valence-electron chi connectivity index (χ3n) is 2.52. The quantitative estimate of drug-likeness (QED) is 0.306. The Labute approximate surface area is 160 Å². The molecule has 0 fully saturated rings. The standard InChI is InChI=1S/C10H20O2.3C3H4O2/c1-2-3-4-5-6-7-8-9-10(11)12;3*1-2-3(4)5/h2-9H2,1H3,(H,11,12);3*2H,1H2,(H,4,5). The molecular formula is C19H32O8. The number of carboxylic acid groups (broad SMARTS) is 4. The van der Waals surface area contributed by atoms with Gasteiger partial charge in [0.1, 0.15) is 0 Å². The molecule has 4 N–H and O–H groups in total. The monoisotopic (exact) mass is 388 g/mol. The summed E-state index contributed by atoms with van der Waals surface area (Å²) in [7, 11) is 0. The van der Waals surface area contributed by atoms with Gasteiger partial charge in [-0.05, 0) is 6.42 Å². The molecule has 8 nitrogen and oxygen atoms in total. The molecule has 0 rings (SSSR count). The van der Waals surface area contributed by atoms with E-state index in [1.54, 1.807) is 0 Å². The average molecular weight is 388 g/mol. The molecular weight excluding hydrogens is 356 g/mol. The lowest BCUT2D eigenvalue weighted by Gasteiger charge is -1.98. The van der Waals surface area contributed by atoms with Crippen LogP contribution in [0.3, 0.4) is 0 Å². The molecule has 0 saturated heterocycles. The van der Waals surface area contributed by atoms with Gasteiger partial charge in [0.25, 0.3) is 0 Å². The number of unbranched alkanes of at least 4 members (excludes halogenated alkanes) is 6. The lowest BCUT2D eigenvalue weighted by Crippen LogP contribution is -1.93. The van der Waals surface area contributed by atoms with Crippen LogP contribution in [0.2, 0.25) is 0 Å². The van der Waals surface area contributed by atoms with Gasteiger partial charge in [0, 0.05) is 24.6 Å². The van der Waals surface area contributed by atoms with E-state index in [1.807, 2.05) is 0 Å². The summed E-state index contributed by atoms with van der Waals surface area (Å²) in [6.07, 6.45) is 11.1. The Morgan fingerprint density at radius 2 is 0.889 bits per heavy atom. The van der Waals surface area contributed by atoms with Crippen LogP contribution >= 0.6 is 0 Å². The van der Waals surface area contributed by atoms with Gasteiger partial charge >= 0.3 is 23.9 Å². The number of rotatable bonds is 11. The van der Waals surface area contributed by atoms with E-state index < -0.39 is 23.9 Å². The second-order valence-corrected chi connectivity index (χ2v) is 4.89. The van der Waals surface area contributed by atoms with Gasteiger partial charge < -0.3 is 20.4 Å². The number of hydrogen-bond donors (Lipinski definition) is 4. The fraction of sp³-hybridized carbons (Fsp3) is 0.474. The highest BCUT2D eigenvalue weighted by Gasteiger charge is 1.95. The fourth-order valence-corrected chi connectivity index (χ4v) is 1.23. The van der Waals surface area contributed by atoms with Crippen LogP contribution in [0, 0.1) is 0 Å². The Morgan fingerprint density at radius 1 is 0.630 bits per heavy atom. The van der Waals surface area contributed by atoms with Crippen molar-refractivity contribution < 1.29 is 39.6 Å². The molecule has 0 aliphatic rings. The van der Waals surface area contributed by atoms with E-state index in [9.17, 15) is 19.2 Å². The van der Waals surface area contributed by atoms with Gasteiger partial charge in [-0.25, -0.2) is 14.4 Å². The van der Waals surface area contributed by atoms with Gasteiger partial charge in [-0.15, -0.1) is 0 Å². The molecule has 0 aromatic rings. The molecule has 0 unspecified atom stereocenters. The first kappa shape index (κ1) is 31.8. The van der Waals surface area contributed by atoms with Crippen LogP contribution in [-0.2, 0) is 19.2 Å². The largest absolute Gasteiger partial charge is 0.481 e. The van der Waals surface area contributed by atoms with Crippen molar-refractivity contribution in [2.45, 2.75) is 58.3 Å². The molecule has 0 aromatic carbocycles. The zero-order valence-corrected chi connectivity index (χ0v) is 15.9. The van der Waals surface area contributed by atoms with Crippen LogP contribution in [0.25, 0.3) is 0 Å². The highest BCUT2D eigenvalue weighted by atomic mass is 16.4. The molecule has 0 bridgehead atoms. The van der Waals surface area contributed by atoms with Crippen molar-refractivity contribution in [2.24, 2.45) is 0 Å². The van der Waals surface area contributed by atoms with Crippen LogP contribution in [0.15, 0.2) is 38.0 Å². The first-order chi connectivity index (χ1) is 12.6. The maximum Gasteiger partial charge on any atom is 0.327 e. The molecule has 0 atom stereocenters. The maximum atomic E-state index is 10.1. The Bertz CT molecular complexity index is 398. The molecule has 0 saturated carbocycles. The first-order valence-electron chi connectivity index (χ1n) is 8.36. The van der Waals surface area contributed by atoms with Crippen molar-refractivity contribution in [3.63, 3.8) is 0 Å². The van der Waals surface area contributed by atoms with Crippen LogP contribution in [-0.4, -0.2) is 44.3 Å². The second kappa shape index (κ2) is 27.9. The SMILES string of the molecule is C=CC(=O)O.C=CC(=O)O.C=CC(=O)O.CCCCCCCCCC(=O)O. The number of carboxylic acids is 4. The van der Waals surface area contributed by atoms with Gasteiger partial charge in [-0.2, -0.15) is 0 Å². The Hall–Kier alpha value is -2.90. The minimum absolute atomic E-state index is 0.341. The molecule has 0 aromatic heterocycles. The molecule has 0 radical (unpaired) electrons. The van der Waals surface area contributed by atoms with Crippen molar-refractivity contribution in [3.05, 3.63) is 38.0 Å². The summed E-state index contributed by atoms with van der Waals surface area (Å²) in [5.41, 5.74) is 0. The number of aliphatic carboxylic acids is 4. The highest BCUT2D eigenvalue weighted by Crippen LogP contribution is 2.07. The third-order valence-corrected chi connectivity index (χ3v) is 2.52. The van der Waals surface area contributed by atoms with E-state index in [0.29, 0.717) is 6.42 Å². The number of hydrogen-bond acceptors (Lipinski definition) is 4. The first-order valence-corrected chi connectivity index (χ1v) is 8.36. The lowest BCUT2D eigenvalue weighted by atomic mass is 10.1. The van der Waals surface area contributed by atoms with Crippen molar-refractivity contribution in [1.82, 2.24) is 0 Å². The van der Waals surface area contributed by atoms with Crippen molar-refractivity contribution in [1.29, 1.82) is 0 Å². The van der Waals surface area contributed by atoms with Gasteiger partial charge in [0.15, 0.2) is 0 Å². The smallest absolute Gasteiger partial charge is 0.327 e. The molecule has 156 valence electrons. The Balaban J connectivity index is -0.000000147. The van der Waals surface area contributed by atoms with E-state index in [4.69, 9.17) is 20.4 Å².